The zero-order chi connectivity index (χ0) is 18.2. The number of hydrogen-bond donors (Lipinski definition) is 0. The van der Waals surface area contributed by atoms with E-state index < -0.39 is 0 Å². The minimum atomic E-state index is 0.643. The van der Waals surface area contributed by atoms with Crippen LogP contribution in [0, 0.1) is 13.8 Å². The SMILES string of the molecule is Cc1ccccc1OC=Nc1cncc(N=COc2ccccc2C)c1. The Morgan fingerprint density at radius 1 is 0.731 bits per heavy atom. The molecule has 0 saturated heterocycles. The molecule has 1 heterocycles. The number of para-hydroxylation sites is 2. The van der Waals surface area contributed by atoms with Gasteiger partial charge in [0.05, 0.1) is 23.8 Å². The van der Waals surface area contributed by atoms with Gasteiger partial charge in [-0.15, -0.1) is 0 Å². The number of hydrogen-bond acceptors (Lipinski definition) is 5. The van der Waals surface area contributed by atoms with Gasteiger partial charge >= 0.3 is 0 Å². The molecule has 5 heteroatoms. The molecule has 3 rings (SSSR count). The fraction of sp³-hybridized carbons (Fsp3) is 0.0952. The summed E-state index contributed by atoms with van der Waals surface area (Å²) in [5, 5.41) is 0. The highest BCUT2D eigenvalue weighted by Crippen LogP contribution is 2.20. The second-order valence-corrected chi connectivity index (χ2v) is 5.64. The summed E-state index contributed by atoms with van der Waals surface area (Å²) >= 11 is 0. The first kappa shape index (κ1) is 17.4. The molecule has 5 nitrogen and oxygen atoms in total. The van der Waals surface area contributed by atoms with Crippen molar-refractivity contribution in [3.05, 3.63) is 78.1 Å². The van der Waals surface area contributed by atoms with Gasteiger partial charge < -0.3 is 9.47 Å². The van der Waals surface area contributed by atoms with Gasteiger partial charge in [-0.3, -0.25) is 4.98 Å². The van der Waals surface area contributed by atoms with Gasteiger partial charge in [-0.25, -0.2) is 9.98 Å². The summed E-state index contributed by atoms with van der Waals surface area (Å²) in [5.41, 5.74) is 3.38. The Kier molecular flexibility index (Phi) is 5.72. The van der Waals surface area contributed by atoms with Gasteiger partial charge in [0, 0.05) is 0 Å². The first-order valence-corrected chi connectivity index (χ1v) is 8.17. The normalized spacial score (nSPS) is 11.2. The third-order valence-electron chi connectivity index (χ3n) is 3.66. The largest absolute Gasteiger partial charge is 0.445 e. The molecule has 0 aliphatic carbocycles. The fourth-order valence-corrected chi connectivity index (χ4v) is 2.22. The van der Waals surface area contributed by atoms with E-state index in [4.69, 9.17) is 9.47 Å². The maximum Gasteiger partial charge on any atom is 0.181 e. The highest BCUT2D eigenvalue weighted by Gasteiger charge is 1.97. The van der Waals surface area contributed by atoms with Crippen molar-refractivity contribution in [3.8, 4) is 11.5 Å². The molecule has 0 fully saturated rings. The lowest BCUT2D eigenvalue weighted by Gasteiger charge is -2.03. The number of nitrogens with zero attached hydrogens (tertiary/aromatic N) is 3. The Bertz CT molecular complexity index is 863. The second kappa shape index (κ2) is 8.58. The topological polar surface area (TPSA) is 56.1 Å². The van der Waals surface area contributed by atoms with Gasteiger partial charge in [0.1, 0.15) is 11.5 Å². The minimum Gasteiger partial charge on any atom is -0.445 e. The molecule has 0 aliphatic heterocycles. The molecule has 2 aromatic carbocycles. The molecule has 1 aromatic heterocycles. The molecule has 0 amide bonds. The van der Waals surface area contributed by atoms with Crippen LogP contribution in [0.5, 0.6) is 11.5 Å². The van der Waals surface area contributed by atoms with Crippen LogP contribution in [0.3, 0.4) is 0 Å². The van der Waals surface area contributed by atoms with E-state index in [-0.39, 0.29) is 0 Å². The van der Waals surface area contributed by atoms with Crippen molar-refractivity contribution in [2.24, 2.45) is 9.98 Å². The van der Waals surface area contributed by atoms with Gasteiger partial charge in [-0.2, -0.15) is 0 Å². The van der Waals surface area contributed by atoms with Crippen molar-refractivity contribution in [3.63, 3.8) is 0 Å². The molecule has 26 heavy (non-hydrogen) atoms. The Labute approximate surface area is 152 Å². The number of aryl methyl sites for hydroxylation is 2. The summed E-state index contributed by atoms with van der Waals surface area (Å²) in [4.78, 5) is 12.7. The highest BCUT2D eigenvalue weighted by molar-refractivity contribution is 5.63. The Hall–Kier alpha value is -3.47. The first-order chi connectivity index (χ1) is 12.7. The number of rotatable bonds is 6. The molecule has 0 atom stereocenters. The average Bonchev–Trinajstić information content (AvgIpc) is 2.65. The molecular weight excluding hydrogens is 326 g/mol. The lowest BCUT2D eigenvalue weighted by molar-refractivity contribution is 0.569. The van der Waals surface area contributed by atoms with Crippen LogP contribution in [0.25, 0.3) is 0 Å². The number of aromatic nitrogens is 1. The molecular formula is C21H19N3O2. The van der Waals surface area contributed by atoms with E-state index in [0.29, 0.717) is 11.4 Å². The molecule has 0 unspecified atom stereocenters. The van der Waals surface area contributed by atoms with Crippen LogP contribution in [-0.2, 0) is 0 Å². The molecule has 3 aromatic rings. The predicted molar refractivity (Wildman–Crippen MR) is 104 cm³/mol. The van der Waals surface area contributed by atoms with Gasteiger partial charge in [-0.1, -0.05) is 36.4 Å². The second-order valence-electron chi connectivity index (χ2n) is 5.64. The third kappa shape index (κ3) is 4.77. The summed E-state index contributed by atoms with van der Waals surface area (Å²) in [7, 11) is 0. The average molecular weight is 345 g/mol. The maximum absolute atomic E-state index is 5.55. The van der Waals surface area contributed by atoms with Crippen LogP contribution in [-0.4, -0.2) is 17.8 Å². The van der Waals surface area contributed by atoms with Crippen molar-refractivity contribution in [1.82, 2.24) is 4.98 Å². The molecule has 0 spiro atoms. The van der Waals surface area contributed by atoms with E-state index in [1.807, 2.05) is 62.4 Å². The first-order valence-electron chi connectivity index (χ1n) is 8.17. The minimum absolute atomic E-state index is 0.643. The maximum atomic E-state index is 5.55. The summed E-state index contributed by atoms with van der Waals surface area (Å²) in [6.45, 7) is 3.96. The van der Waals surface area contributed by atoms with Crippen molar-refractivity contribution in [1.29, 1.82) is 0 Å². The van der Waals surface area contributed by atoms with E-state index in [1.54, 1.807) is 18.5 Å². The zero-order valence-electron chi connectivity index (χ0n) is 14.7. The number of ether oxygens (including phenoxy) is 2. The van der Waals surface area contributed by atoms with Gasteiger partial charge in [0.15, 0.2) is 12.8 Å². The van der Waals surface area contributed by atoms with E-state index in [2.05, 4.69) is 15.0 Å². The van der Waals surface area contributed by atoms with Crippen molar-refractivity contribution in [2.45, 2.75) is 13.8 Å². The van der Waals surface area contributed by atoms with Crippen molar-refractivity contribution >= 4 is 24.2 Å². The predicted octanol–water partition coefficient (Wildman–Crippen LogP) is 5.18. The summed E-state index contributed by atoms with van der Waals surface area (Å²) in [6.07, 6.45) is 6.07. The van der Waals surface area contributed by atoms with Gasteiger partial charge in [-0.05, 0) is 43.2 Å². The lowest BCUT2D eigenvalue weighted by Crippen LogP contribution is -1.92. The van der Waals surface area contributed by atoms with Crippen LogP contribution in [0.1, 0.15) is 11.1 Å². The highest BCUT2D eigenvalue weighted by atomic mass is 16.5. The van der Waals surface area contributed by atoms with E-state index >= 15 is 0 Å². The molecule has 0 radical (unpaired) electrons. The van der Waals surface area contributed by atoms with Crippen LogP contribution < -0.4 is 9.47 Å². The molecule has 0 saturated carbocycles. The number of benzene rings is 2. The Morgan fingerprint density at radius 3 is 1.65 bits per heavy atom. The van der Waals surface area contributed by atoms with Crippen molar-refractivity contribution in [2.75, 3.05) is 0 Å². The molecule has 0 N–H and O–H groups in total. The Balaban J connectivity index is 1.63. The summed E-state index contributed by atoms with van der Waals surface area (Å²) in [6, 6.07) is 17.3. The van der Waals surface area contributed by atoms with Crippen LogP contribution in [0.15, 0.2) is 77.0 Å². The zero-order valence-corrected chi connectivity index (χ0v) is 14.7. The fourth-order valence-electron chi connectivity index (χ4n) is 2.22. The molecule has 130 valence electrons. The van der Waals surface area contributed by atoms with Crippen LogP contribution in [0.4, 0.5) is 11.4 Å². The van der Waals surface area contributed by atoms with Gasteiger partial charge in [0.25, 0.3) is 0 Å². The number of pyridine rings is 1. The third-order valence-corrected chi connectivity index (χ3v) is 3.66. The van der Waals surface area contributed by atoms with E-state index in [0.717, 1.165) is 22.6 Å². The van der Waals surface area contributed by atoms with E-state index in [1.165, 1.54) is 12.8 Å². The Morgan fingerprint density at radius 2 is 1.19 bits per heavy atom. The smallest absolute Gasteiger partial charge is 0.181 e. The summed E-state index contributed by atoms with van der Waals surface area (Å²) in [5.74, 6) is 1.54. The summed E-state index contributed by atoms with van der Waals surface area (Å²) < 4.78 is 11.1. The number of aliphatic imine (C=N–C) groups is 2. The lowest BCUT2D eigenvalue weighted by atomic mass is 10.2. The monoisotopic (exact) mass is 345 g/mol. The van der Waals surface area contributed by atoms with Crippen LogP contribution in [0.2, 0.25) is 0 Å². The standard InChI is InChI=1S/C21H19N3O2/c1-16-7-3-5-9-20(16)25-14-23-18-11-19(13-22-12-18)24-15-26-21-10-6-4-8-17(21)2/h3-15H,1-2H3. The molecule has 0 aliphatic rings. The van der Waals surface area contributed by atoms with E-state index in [9.17, 15) is 0 Å². The quantitative estimate of drug-likeness (QED) is 0.457. The van der Waals surface area contributed by atoms with Crippen LogP contribution >= 0.6 is 0 Å². The molecule has 0 bridgehead atoms. The van der Waals surface area contributed by atoms with Gasteiger partial charge in [0.2, 0.25) is 0 Å². The van der Waals surface area contributed by atoms with Crippen molar-refractivity contribution < 1.29 is 9.47 Å².